The van der Waals surface area contributed by atoms with Crippen LogP contribution in [0.25, 0.3) is 0 Å². The number of amides is 2. The smallest absolute Gasteiger partial charge is 0.328 e. The number of carbonyl (C=O) groups is 2. The van der Waals surface area contributed by atoms with Crippen LogP contribution in [0.2, 0.25) is 5.02 Å². The van der Waals surface area contributed by atoms with Crippen molar-refractivity contribution in [1.29, 1.82) is 0 Å². The van der Waals surface area contributed by atoms with E-state index >= 15 is 0 Å². The fourth-order valence-corrected chi connectivity index (χ4v) is 1.45. The second-order valence-corrected chi connectivity index (χ2v) is 4.19. The Morgan fingerprint density at radius 2 is 2.05 bits per heavy atom. The Morgan fingerprint density at radius 3 is 2.53 bits per heavy atom. The molecule has 0 spiro atoms. The van der Waals surface area contributed by atoms with Crippen LogP contribution in [-0.2, 0) is 4.79 Å². The Morgan fingerprint density at radius 1 is 1.42 bits per heavy atom. The molecule has 0 saturated carbocycles. The van der Waals surface area contributed by atoms with Gasteiger partial charge in [0.05, 0.1) is 11.1 Å². The Balaban J connectivity index is 2.69. The van der Waals surface area contributed by atoms with Crippen molar-refractivity contribution < 1.29 is 24.2 Å². The second kappa shape index (κ2) is 6.35. The minimum Gasteiger partial charge on any atom is -0.480 e. The number of aliphatic hydroxyl groups is 1. The summed E-state index contributed by atoms with van der Waals surface area (Å²) in [5.74, 6) is -2.01. The fourth-order valence-electron chi connectivity index (χ4n) is 1.27. The first-order valence-electron chi connectivity index (χ1n) is 5.24. The number of aliphatic hydroxyl groups excluding tert-OH is 1. The van der Waals surface area contributed by atoms with E-state index in [2.05, 4.69) is 10.6 Å². The van der Waals surface area contributed by atoms with Gasteiger partial charge in [-0.05, 0) is 25.1 Å². The first kappa shape index (κ1) is 15.2. The number of halogens is 2. The molecule has 0 bridgehead atoms. The topological polar surface area (TPSA) is 98.7 Å². The molecule has 19 heavy (non-hydrogen) atoms. The zero-order chi connectivity index (χ0) is 14.6. The van der Waals surface area contributed by atoms with Gasteiger partial charge in [0.15, 0.2) is 6.04 Å². The van der Waals surface area contributed by atoms with Gasteiger partial charge in [-0.25, -0.2) is 14.0 Å². The molecule has 0 fully saturated rings. The summed E-state index contributed by atoms with van der Waals surface area (Å²) in [6.07, 6.45) is -1.26. The number of carboxylic acid groups (broad SMARTS) is 1. The maximum atomic E-state index is 12.9. The van der Waals surface area contributed by atoms with Gasteiger partial charge in [0.25, 0.3) is 0 Å². The van der Waals surface area contributed by atoms with Crippen molar-refractivity contribution >= 4 is 29.3 Å². The summed E-state index contributed by atoms with van der Waals surface area (Å²) >= 11 is 5.52. The Kier molecular flexibility index (Phi) is 5.08. The Labute approximate surface area is 113 Å². The predicted molar refractivity (Wildman–Crippen MR) is 66.7 cm³/mol. The van der Waals surface area contributed by atoms with E-state index in [0.717, 1.165) is 6.07 Å². The summed E-state index contributed by atoms with van der Waals surface area (Å²) in [6.45, 7) is 1.23. The van der Waals surface area contributed by atoms with Gasteiger partial charge in [-0.15, -0.1) is 0 Å². The third-order valence-electron chi connectivity index (χ3n) is 2.21. The zero-order valence-corrected chi connectivity index (χ0v) is 10.6. The van der Waals surface area contributed by atoms with Crippen molar-refractivity contribution in [2.45, 2.75) is 19.1 Å². The number of aliphatic carboxylic acids is 1. The number of hydrogen-bond donors (Lipinski definition) is 4. The van der Waals surface area contributed by atoms with Crippen LogP contribution in [0.15, 0.2) is 18.2 Å². The standard InChI is InChI=1S/C11H12ClFN2O4/c1-5(16)9(10(17)18)15-11(19)14-6-2-3-8(13)7(12)4-6/h2-5,9,16H,1H3,(H,17,18)(H2,14,15,19)/t5-,9+/m1/s1. The van der Waals surface area contributed by atoms with E-state index in [9.17, 15) is 19.1 Å². The van der Waals surface area contributed by atoms with Crippen LogP contribution in [0.5, 0.6) is 0 Å². The molecule has 0 aromatic heterocycles. The number of carbonyl (C=O) groups excluding carboxylic acids is 1. The van der Waals surface area contributed by atoms with Gasteiger partial charge in [0, 0.05) is 5.69 Å². The lowest BCUT2D eigenvalue weighted by Gasteiger charge is -2.17. The number of benzene rings is 1. The Bertz CT molecular complexity index is 496. The largest absolute Gasteiger partial charge is 0.480 e. The lowest BCUT2D eigenvalue weighted by atomic mass is 10.2. The molecule has 0 aliphatic carbocycles. The monoisotopic (exact) mass is 290 g/mol. The molecular weight excluding hydrogens is 279 g/mol. The van der Waals surface area contributed by atoms with Crippen LogP contribution in [0.4, 0.5) is 14.9 Å². The molecule has 8 heteroatoms. The lowest BCUT2D eigenvalue weighted by Crippen LogP contribution is -2.49. The molecule has 0 saturated heterocycles. The average Bonchev–Trinajstić information content (AvgIpc) is 2.30. The molecule has 0 radical (unpaired) electrons. The molecule has 104 valence electrons. The van der Waals surface area contributed by atoms with Crippen molar-refractivity contribution in [3.63, 3.8) is 0 Å². The van der Waals surface area contributed by atoms with E-state index in [0.29, 0.717) is 0 Å². The minimum atomic E-state index is -1.45. The van der Waals surface area contributed by atoms with E-state index in [-0.39, 0.29) is 10.7 Å². The maximum absolute atomic E-state index is 12.9. The predicted octanol–water partition coefficient (Wildman–Crippen LogP) is 1.43. The molecule has 6 nitrogen and oxygen atoms in total. The van der Waals surface area contributed by atoms with Gasteiger partial charge < -0.3 is 20.8 Å². The van der Waals surface area contributed by atoms with Gasteiger partial charge >= 0.3 is 12.0 Å². The van der Waals surface area contributed by atoms with E-state index in [4.69, 9.17) is 16.7 Å². The number of nitrogens with one attached hydrogen (secondary N) is 2. The maximum Gasteiger partial charge on any atom is 0.328 e. The summed E-state index contributed by atoms with van der Waals surface area (Å²) in [5, 5.41) is 22.1. The molecule has 1 rings (SSSR count). The van der Waals surface area contributed by atoms with Crippen molar-refractivity contribution in [2.75, 3.05) is 5.32 Å². The van der Waals surface area contributed by atoms with Gasteiger partial charge in [-0.2, -0.15) is 0 Å². The van der Waals surface area contributed by atoms with E-state index < -0.39 is 30.0 Å². The number of urea groups is 1. The van der Waals surface area contributed by atoms with E-state index in [1.165, 1.54) is 19.1 Å². The van der Waals surface area contributed by atoms with Gasteiger partial charge in [0.2, 0.25) is 0 Å². The van der Waals surface area contributed by atoms with Crippen LogP contribution < -0.4 is 10.6 Å². The highest BCUT2D eigenvalue weighted by Gasteiger charge is 2.24. The number of rotatable bonds is 4. The van der Waals surface area contributed by atoms with Crippen LogP contribution in [0.1, 0.15) is 6.92 Å². The molecular formula is C11H12ClFN2O4. The van der Waals surface area contributed by atoms with E-state index in [1.807, 2.05) is 0 Å². The number of hydrogen-bond acceptors (Lipinski definition) is 3. The van der Waals surface area contributed by atoms with Crippen molar-refractivity contribution in [2.24, 2.45) is 0 Å². The van der Waals surface area contributed by atoms with Crippen molar-refractivity contribution in [3.8, 4) is 0 Å². The summed E-state index contributed by atoms with van der Waals surface area (Å²) in [6, 6.07) is 1.20. The minimum absolute atomic E-state index is 0.178. The summed E-state index contributed by atoms with van der Waals surface area (Å²) in [7, 11) is 0. The summed E-state index contributed by atoms with van der Waals surface area (Å²) < 4.78 is 12.9. The first-order valence-corrected chi connectivity index (χ1v) is 5.62. The molecule has 2 atom stereocenters. The van der Waals surface area contributed by atoms with Crippen LogP contribution >= 0.6 is 11.6 Å². The normalized spacial score (nSPS) is 13.5. The van der Waals surface area contributed by atoms with Crippen molar-refractivity contribution in [1.82, 2.24) is 5.32 Å². The molecule has 0 aliphatic rings. The van der Waals surface area contributed by atoms with Crippen molar-refractivity contribution in [3.05, 3.63) is 29.0 Å². The van der Waals surface area contributed by atoms with Crippen LogP contribution in [0.3, 0.4) is 0 Å². The highest BCUT2D eigenvalue weighted by Crippen LogP contribution is 2.19. The van der Waals surface area contributed by atoms with Crippen LogP contribution in [-0.4, -0.2) is 34.4 Å². The fraction of sp³-hybridized carbons (Fsp3) is 0.273. The number of carboxylic acids is 1. The summed E-state index contributed by atoms with van der Waals surface area (Å²) in [5.41, 5.74) is 0.193. The highest BCUT2D eigenvalue weighted by atomic mass is 35.5. The molecule has 0 heterocycles. The third-order valence-corrected chi connectivity index (χ3v) is 2.50. The molecule has 1 aromatic rings. The molecule has 1 aromatic carbocycles. The lowest BCUT2D eigenvalue weighted by molar-refractivity contribution is -0.141. The zero-order valence-electron chi connectivity index (χ0n) is 9.85. The third kappa shape index (κ3) is 4.38. The van der Waals surface area contributed by atoms with E-state index in [1.54, 1.807) is 0 Å². The Hall–Kier alpha value is -1.86. The second-order valence-electron chi connectivity index (χ2n) is 3.78. The average molecular weight is 291 g/mol. The molecule has 0 unspecified atom stereocenters. The van der Waals surface area contributed by atoms with Gasteiger partial charge in [0.1, 0.15) is 5.82 Å². The molecule has 4 N–H and O–H groups in total. The first-order chi connectivity index (χ1) is 8.81. The number of anilines is 1. The van der Waals surface area contributed by atoms with Gasteiger partial charge in [-0.1, -0.05) is 11.6 Å². The van der Waals surface area contributed by atoms with Crippen LogP contribution in [0, 0.1) is 5.82 Å². The van der Waals surface area contributed by atoms with Gasteiger partial charge in [-0.3, -0.25) is 0 Å². The SMILES string of the molecule is C[C@@H](O)[C@H](NC(=O)Nc1ccc(F)c(Cl)c1)C(=O)O. The molecule has 2 amide bonds. The summed E-state index contributed by atoms with van der Waals surface area (Å²) in [4.78, 5) is 22.2. The highest BCUT2D eigenvalue weighted by molar-refractivity contribution is 6.31. The molecule has 0 aliphatic heterocycles. The quantitative estimate of drug-likeness (QED) is 0.674.